The van der Waals surface area contributed by atoms with Crippen molar-refractivity contribution in [3.8, 4) is 0 Å². The Labute approximate surface area is 156 Å². The fourth-order valence-corrected chi connectivity index (χ4v) is 4.64. The van der Waals surface area contributed by atoms with Crippen LogP contribution in [0.2, 0.25) is 0 Å². The topological polar surface area (TPSA) is 61.8 Å². The SMILES string of the molecule is Cc1cc(C)c(NC(=O)CN2CC3(CCOCC3)CCC2CO)c(C)c1. The number of ether oxygens (including phenoxy) is 1. The van der Waals surface area contributed by atoms with Crippen LogP contribution < -0.4 is 5.32 Å². The molecule has 1 aromatic rings. The van der Waals surface area contributed by atoms with Gasteiger partial charge in [0.05, 0.1) is 13.2 Å². The molecule has 2 aliphatic rings. The summed E-state index contributed by atoms with van der Waals surface area (Å²) in [4.78, 5) is 14.9. The average molecular weight is 360 g/mol. The van der Waals surface area contributed by atoms with Gasteiger partial charge in [-0.2, -0.15) is 0 Å². The third-order valence-electron chi connectivity index (χ3n) is 6.12. The maximum absolute atomic E-state index is 12.7. The van der Waals surface area contributed by atoms with E-state index in [2.05, 4.69) is 29.3 Å². The summed E-state index contributed by atoms with van der Waals surface area (Å²) in [5, 5.41) is 12.9. The molecule has 0 saturated carbocycles. The Hall–Kier alpha value is -1.43. The number of amides is 1. The summed E-state index contributed by atoms with van der Waals surface area (Å²) >= 11 is 0. The van der Waals surface area contributed by atoms with Crippen molar-refractivity contribution in [1.82, 2.24) is 4.90 Å². The normalized spacial score (nSPS) is 23.2. The van der Waals surface area contributed by atoms with Crippen LogP contribution in [0.5, 0.6) is 0 Å². The van der Waals surface area contributed by atoms with Crippen molar-refractivity contribution in [3.63, 3.8) is 0 Å². The lowest BCUT2D eigenvalue weighted by Crippen LogP contribution is -2.54. The van der Waals surface area contributed by atoms with Crippen LogP contribution in [0.25, 0.3) is 0 Å². The minimum atomic E-state index is 0.00242. The Morgan fingerprint density at radius 1 is 1.23 bits per heavy atom. The Morgan fingerprint density at radius 3 is 2.50 bits per heavy atom. The summed E-state index contributed by atoms with van der Waals surface area (Å²) in [6.45, 7) is 9.08. The molecule has 144 valence electrons. The van der Waals surface area contributed by atoms with Crippen LogP contribution in [0.3, 0.4) is 0 Å². The molecule has 0 aromatic heterocycles. The van der Waals surface area contributed by atoms with E-state index in [1.165, 1.54) is 5.56 Å². The van der Waals surface area contributed by atoms with E-state index in [0.29, 0.717) is 6.54 Å². The number of nitrogens with one attached hydrogen (secondary N) is 1. The molecule has 3 rings (SSSR count). The Bertz CT molecular complexity index is 630. The third kappa shape index (κ3) is 4.27. The van der Waals surface area contributed by atoms with Gasteiger partial charge in [0.2, 0.25) is 5.91 Å². The zero-order valence-corrected chi connectivity index (χ0v) is 16.3. The molecule has 0 aliphatic carbocycles. The number of benzene rings is 1. The number of likely N-dealkylation sites (tertiary alicyclic amines) is 1. The molecular weight excluding hydrogens is 328 g/mol. The van der Waals surface area contributed by atoms with Gasteiger partial charge >= 0.3 is 0 Å². The van der Waals surface area contributed by atoms with Crippen LogP contribution in [0.15, 0.2) is 12.1 Å². The number of carbonyl (C=O) groups excluding carboxylic acids is 1. The molecule has 2 aliphatic heterocycles. The summed E-state index contributed by atoms with van der Waals surface area (Å²) in [7, 11) is 0. The largest absolute Gasteiger partial charge is 0.395 e. The lowest BCUT2D eigenvalue weighted by atomic mass is 9.72. The van der Waals surface area contributed by atoms with E-state index in [1.54, 1.807) is 0 Å². The minimum Gasteiger partial charge on any atom is -0.395 e. The van der Waals surface area contributed by atoms with Crippen molar-refractivity contribution in [2.75, 3.05) is 38.2 Å². The van der Waals surface area contributed by atoms with Gasteiger partial charge in [-0.15, -0.1) is 0 Å². The standard InChI is InChI=1S/C21H32N2O3/c1-15-10-16(2)20(17(3)11-15)22-19(25)12-23-14-21(5-4-18(23)13-24)6-8-26-9-7-21/h10-11,18,24H,4-9,12-14H2,1-3H3,(H,22,25). The first-order valence-electron chi connectivity index (χ1n) is 9.73. The summed E-state index contributed by atoms with van der Waals surface area (Å²) in [6.07, 6.45) is 4.18. The molecule has 1 amide bonds. The highest BCUT2D eigenvalue weighted by Crippen LogP contribution is 2.41. The Morgan fingerprint density at radius 2 is 1.88 bits per heavy atom. The highest BCUT2D eigenvalue weighted by atomic mass is 16.5. The highest BCUT2D eigenvalue weighted by molar-refractivity contribution is 5.93. The second-order valence-corrected chi connectivity index (χ2v) is 8.21. The van der Waals surface area contributed by atoms with Gasteiger partial charge in [-0.3, -0.25) is 9.69 Å². The molecule has 26 heavy (non-hydrogen) atoms. The lowest BCUT2D eigenvalue weighted by molar-refractivity contribution is -0.120. The third-order valence-corrected chi connectivity index (χ3v) is 6.12. The summed E-state index contributed by atoms with van der Waals surface area (Å²) in [5.74, 6) is 0.00242. The van der Waals surface area contributed by atoms with Crippen LogP contribution in [-0.2, 0) is 9.53 Å². The van der Waals surface area contributed by atoms with Crippen LogP contribution >= 0.6 is 0 Å². The molecule has 2 N–H and O–H groups in total. The van der Waals surface area contributed by atoms with Gasteiger partial charge in [-0.25, -0.2) is 0 Å². The number of hydrogen-bond donors (Lipinski definition) is 2. The first-order chi connectivity index (χ1) is 12.4. The highest BCUT2D eigenvalue weighted by Gasteiger charge is 2.40. The molecule has 2 fully saturated rings. The van der Waals surface area contributed by atoms with Crippen molar-refractivity contribution in [2.45, 2.75) is 52.5 Å². The number of hydrogen-bond acceptors (Lipinski definition) is 4. The molecule has 1 aromatic carbocycles. The van der Waals surface area contributed by atoms with Crippen molar-refractivity contribution in [3.05, 3.63) is 28.8 Å². The number of rotatable bonds is 4. The van der Waals surface area contributed by atoms with Crippen molar-refractivity contribution < 1.29 is 14.6 Å². The van der Waals surface area contributed by atoms with Gasteiger partial charge < -0.3 is 15.2 Å². The summed E-state index contributed by atoms with van der Waals surface area (Å²) < 4.78 is 5.53. The number of aryl methyl sites for hydroxylation is 3. The minimum absolute atomic E-state index is 0.00242. The molecule has 1 spiro atoms. The maximum Gasteiger partial charge on any atom is 0.238 e. The predicted molar refractivity (Wildman–Crippen MR) is 103 cm³/mol. The average Bonchev–Trinajstić information content (AvgIpc) is 2.59. The molecule has 5 nitrogen and oxygen atoms in total. The van der Waals surface area contributed by atoms with Crippen molar-refractivity contribution in [2.24, 2.45) is 5.41 Å². The van der Waals surface area contributed by atoms with Gasteiger partial charge in [0.1, 0.15) is 0 Å². The molecular formula is C21H32N2O3. The molecule has 1 atom stereocenters. The number of carbonyl (C=O) groups is 1. The molecule has 1 unspecified atom stereocenters. The van der Waals surface area contributed by atoms with E-state index in [9.17, 15) is 9.90 Å². The van der Waals surface area contributed by atoms with Crippen LogP contribution in [0, 0.1) is 26.2 Å². The first kappa shape index (κ1) is 19.3. The quantitative estimate of drug-likeness (QED) is 0.867. The van der Waals surface area contributed by atoms with Gasteiger partial charge in [-0.05, 0) is 63.0 Å². The van der Waals surface area contributed by atoms with Gasteiger partial charge in [-0.1, -0.05) is 17.7 Å². The number of aliphatic hydroxyl groups excluding tert-OH is 1. The van der Waals surface area contributed by atoms with E-state index in [4.69, 9.17) is 4.74 Å². The second kappa shape index (κ2) is 8.07. The summed E-state index contributed by atoms with van der Waals surface area (Å²) in [6, 6.07) is 4.27. The van der Waals surface area contributed by atoms with E-state index in [0.717, 1.165) is 62.3 Å². The van der Waals surface area contributed by atoms with Gasteiger partial charge in [0, 0.05) is 31.5 Å². The van der Waals surface area contributed by atoms with E-state index >= 15 is 0 Å². The first-order valence-corrected chi connectivity index (χ1v) is 9.73. The number of aliphatic hydroxyl groups is 1. The van der Waals surface area contributed by atoms with Gasteiger partial charge in [0.15, 0.2) is 0 Å². The maximum atomic E-state index is 12.7. The molecule has 2 heterocycles. The molecule has 2 saturated heterocycles. The fraction of sp³-hybridized carbons (Fsp3) is 0.667. The zero-order chi connectivity index (χ0) is 18.7. The predicted octanol–water partition coefficient (Wildman–Crippen LogP) is 2.80. The van der Waals surface area contributed by atoms with Crippen molar-refractivity contribution in [1.29, 1.82) is 0 Å². The van der Waals surface area contributed by atoms with E-state index in [1.807, 2.05) is 13.8 Å². The van der Waals surface area contributed by atoms with E-state index < -0.39 is 0 Å². The van der Waals surface area contributed by atoms with E-state index in [-0.39, 0.29) is 24.0 Å². The zero-order valence-electron chi connectivity index (χ0n) is 16.3. The second-order valence-electron chi connectivity index (χ2n) is 8.21. The fourth-order valence-electron chi connectivity index (χ4n) is 4.64. The smallest absolute Gasteiger partial charge is 0.238 e. The molecule has 5 heteroatoms. The van der Waals surface area contributed by atoms with Crippen LogP contribution in [0.4, 0.5) is 5.69 Å². The van der Waals surface area contributed by atoms with Crippen molar-refractivity contribution >= 4 is 11.6 Å². The monoisotopic (exact) mass is 360 g/mol. The van der Waals surface area contributed by atoms with Gasteiger partial charge in [0.25, 0.3) is 0 Å². The molecule has 0 radical (unpaired) electrons. The Balaban J connectivity index is 1.68. The van der Waals surface area contributed by atoms with Crippen LogP contribution in [0.1, 0.15) is 42.4 Å². The van der Waals surface area contributed by atoms with Crippen LogP contribution in [-0.4, -0.2) is 54.9 Å². The Kier molecular flexibility index (Phi) is 6.00. The number of piperidine rings is 1. The number of anilines is 1. The number of nitrogens with zero attached hydrogens (tertiary/aromatic N) is 1. The summed E-state index contributed by atoms with van der Waals surface area (Å²) in [5.41, 5.74) is 4.55. The lowest BCUT2D eigenvalue weighted by Gasteiger charge is -2.48. The molecule has 0 bridgehead atoms.